The van der Waals surface area contributed by atoms with Crippen LogP contribution in [0.25, 0.3) is 11.2 Å². The fourth-order valence-electron chi connectivity index (χ4n) is 2.74. The SMILES string of the molecule is Nc1ccc2[nH]c(C3(N)CCCCCC3)nc2n1. The molecule has 2 heterocycles. The molecule has 5 nitrogen and oxygen atoms in total. The lowest BCUT2D eigenvalue weighted by atomic mass is 9.91. The third-order valence-electron chi connectivity index (χ3n) is 3.83. The van der Waals surface area contributed by atoms with Crippen molar-refractivity contribution in [3.05, 3.63) is 18.0 Å². The van der Waals surface area contributed by atoms with Gasteiger partial charge in [-0.25, -0.2) is 9.97 Å². The van der Waals surface area contributed by atoms with Crippen LogP contribution in [0.3, 0.4) is 0 Å². The minimum Gasteiger partial charge on any atom is -0.384 e. The molecule has 5 N–H and O–H groups in total. The number of H-pyrrole nitrogens is 1. The van der Waals surface area contributed by atoms with E-state index >= 15 is 0 Å². The number of imidazole rings is 1. The summed E-state index contributed by atoms with van der Waals surface area (Å²) >= 11 is 0. The molecular formula is C13H19N5. The lowest BCUT2D eigenvalue weighted by molar-refractivity contribution is 0.366. The number of aromatic amines is 1. The molecular weight excluding hydrogens is 226 g/mol. The molecule has 0 saturated heterocycles. The number of aromatic nitrogens is 3. The predicted molar refractivity (Wildman–Crippen MR) is 71.9 cm³/mol. The molecule has 18 heavy (non-hydrogen) atoms. The van der Waals surface area contributed by atoms with E-state index in [0.29, 0.717) is 11.5 Å². The standard InChI is InChI=1S/C13H19N5/c14-10-6-5-9-11(17-10)18-12(16-9)13(15)7-3-1-2-4-8-13/h5-6H,1-4,7-8,15H2,(H3,14,16,17,18). The predicted octanol–water partition coefficient (Wildman–Crippen LogP) is 2.05. The molecule has 2 aromatic rings. The lowest BCUT2D eigenvalue weighted by Crippen LogP contribution is -2.37. The smallest absolute Gasteiger partial charge is 0.179 e. The molecule has 0 atom stereocenters. The molecule has 3 rings (SSSR count). The number of nitrogens with one attached hydrogen (secondary N) is 1. The van der Waals surface area contributed by atoms with Crippen molar-refractivity contribution in [3.8, 4) is 0 Å². The van der Waals surface area contributed by atoms with Crippen LogP contribution in [-0.2, 0) is 5.54 Å². The van der Waals surface area contributed by atoms with Gasteiger partial charge in [-0.2, -0.15) is 0 Å². The zero-order valence-electron chi connectivity index (χ0n) is 10.4. The summed E-state index contributed by atoms with van der Waals surface area (Å²) in [6.45, 7) is 0. The number of nitrogens with zero attached hydrogens (tertiary/aromatic N) is 2. The monoisotopic (exact) mass is 245 g/mol. The van der Waals surface area contributed by atoms with Crippen LogP contribution in [0.2, 0.25) is 0 Å². The Morgan fingerprint density at radius 3 is 2.50 bits per heavy atom. The number of pyridine rings is 1. The average Bonchev–Trinajstić information content (AvgIpc) is 2.65. The van der Waals surface area contributed by atoms with E-state index in [-0.39, 0.29) is 5.54 Å². The Hall–Kier alpha value is -1.62. The van der Waals surface area contributed by atoms with Crippen molar-refractivity contribution in [2.24, 2.45) is 5.73 Å². The zero-order valence-corrected chi connectivity index (χ0v) is 10.4. The van der Waals surface area contributed by atoms with E-state index in [9.17, 15) is 0 Å². The van der Waals surface area contributed by atoms with E-state index in [1.165, 1.54) is 25.7 Å². The Labute approximate surface area is 106 Å². The second-order valence-corrected chi connectivity index (χ2v) is 5.26. The highest BCUT2D eigenvalue weighted by Gasteiger charge is 2.31. The van der Waals surface area contributed by atoms with Crippen molar-refractivity contribution in [1.29, 1.82) is 0 Å². The first-order chi connectivity index (χ1) is 8.67. The van der Waals surface area contributed by atoms with Gasteiger partial charge >= 0.3 is 0 Å². The van der Waals surface area contributed by atoms with Crippen molar-refractivity contribution in [2.45, 2.75) is 44.1 Å². The summed E-state index contributed by atoms with van der Waals surface area (Å²) in [4.78, 5) is 12.1. The fourth-order valence-corrected chi connectivity index (χ4v) is 2.74. The summed E-state index contributed by atoms with van der Waals surface area (Å²) in [5.41, 5.74) is 13.5. The number of anilines is 1. The van der Waals surface area contributed by atoms with E-state index in [0.717, 1.165) is 24.2 Å². The molecule has 0 bridgehead atoms. The van der Waals surface area contributed by atoms with Gasteiger partial charge in [0, 0.05) is 0 Å². The third kappa shape index (κ3) is 1.95. The van der Waals surface area contributed by atoms with Crippen LogP contribution in [0.5, 0.6) is 0 Å². The number of nitrogen functional groups attached to an aromatic ring is 1. The van der Waals surface area contributed by atoms with Crippen LogP contribution in [0.4, 0.5) is 5.82 Å². The molecule has 1 fully saturated rings. The van der Waals surface area contributed by atoms with Crippen molar-refractivity contribution in [3.63, 3.8) is 0 Å². The van der Waals surface area contributed by atoms with E-state index in [1.807, 2.05) is 6.07 Å². The van der Waals surface area contributed by atoms with Gasteiger partial charge in [0.2, 0.25) is 0 Å². The Morgan fingerprint density at radius 2 is 1.78 bits per heavy atom. The summed E-state index contributed by atoms with van der Waals surface area (Å²) in [7, 11) is 0. The second-order valence-electron chi connectivity index (χ2n) is 5.26. The summed E-state index contributed by atoms with van der Waals surface area (Å²) in [5.74, 6) is 1.35. The van der Waals surface area contributed by atoms with Crippen LogP contribution in [0.1, 0.15) is 44.3 Å². The van der Waals surface area contributed by atoms with Gasteiger partial charge in [-0.05, 0) is 25.0 Å². The molecule has 0 aliphatic heterocycles. The molecule has 96 valence electrons. The van der Waals surface area contributed by atoms with Crippen LogP contribution in [-0.4, -0.2) is 15.0 Å². The molecule has 1 saturated carbocycles. The summed E-state index contributed by atoms with van der Waals surface area (Å²) < 4.78 is 0. The highest BCUT2D eigenvalue weighted by molar-refractivity contribution is 5.72. The zero-order chi connectivity index (χ0) is 12.6. The normalized spacial score (nSPS) is 19.8. The maximum atomic E-state index is 6.53. The Bertz CT molecular complexity index is 552. The molecule has 0 spiro atoms. The van der Waals surface area contributed by atoms with Crippen LogP contribution in [0.15, 0.2) is 12.1 Å². The maximum Gasteiger partial charge on any atom is 0.179 e. The Morgan fingerprint density at radius 1 is 1.06 bits per heavy atom. The highest BCUT2D eigenvalue weighted by Crippen LogP contribution is 2.32. The van der Waals surface area contributed by atoms with Crippen molar-refractivity contribution in [2.75, 3.05) is 5.73 Å². The first kappa shape index (κ1) is 11.5. The van der Waals surface area contributed by atoms with Gasteiger partial charge in [-0.15, -0.1) is 0 Å². The number of fused-ring (bicyclic) bond motifs is 1. The number of hydrogen-bond donors (Lipinski definition) is 3. The quantitative estimate of drug-likeness (QED) is 0.670. The van der Waals surface area contributed by atoms with E-state index in [2.05, 4.69) is 15.0 Å². The summed E-state index contributed by atoms with van der Waals surface area (Å²) in [6, 6.07) is 3.69. The molecule has 0 amide bonds. The van der Waals surface area contributed by atoms with Gasteiger partial charge in [-0.3, -0.25) is 0 Å². The van der Waals surface area contributed by atoms with Gasteiger partial charge in [0.1, 0.15) is 11.6 Å². The number of rotatable bonds is 1. The van der Waals surface area contributed by atoms with E-state index in [1.54, 1.807) is 6.07 Å². The topological polar surface area (TPSA) is 93.6 Å². The number of hydrogen-bond acceptors (Lipinski definition) is 4. The Kier molecular flexibility index (Phi) is 2.70. The average molecular weight is 245 g/mol. The molecule has 5 heteroatoms. The maximum absolute atomic E-state index is 6.53. The summed E-state index contributed by atoms with van der Waals surface area (Å²) in [5, 5.41) is 0. The van der Waals surface area contributed by atoms with Crippen molar-refractivity contribution < 1.29 is 0 Å². The third-order valence-corrected chi connectivity index (χ3v) is 3.83. The minimum absolute atomic E-state index is 0.327. The fraction of sp³-hybridized carbons (Fsp3) is 0.538. The van der Waals surface area contributed by atoms with Gasteiger partial charge in [0.15, 0.2) is 5.65 Å². The van der Waals surface area contributed by atoms with Gasteiger partial charge in [0.05, 0.1) is 11.1 Å². The lowest BCUT2D eigenvalue weighted by Gasteiger charge is -2.25. The molecule has 0 radical (unpaired) electrons. The second kappa shape index (κ2) is 4.24. The van der Waals surface area contributed by atoms with E-state index in [4.69, 9.17) is 11.5 Å². The van der Waals surface area contributed by atoms with Crippen molar-refractivity contribution >= 4 is 17.0 Å². The van der Waals surface area contributed by atoms with E-state index < -0.39 is 0 Å². The summed E-state index contributed by atoms with van der Waals surface area (Å²) in [6.07, 6.45) is 6.85. The first-order valence-electron chi connectivity index (χ1n) is 6.59. The highest BCUT2D eigenvalue weighted by atomic mass is 15.0. The largest absolute Gasteiger partial charge is 0.384 e. The minimum atomic E-state index is -0.327. The number of nitrogens with two attached hydrogens (primary N) is 2. The van der Waals surface area contributed by atoms with Crippen LogP contribution in [0, 0.1) is 0 Å². The van der Waals surface area contributed by atoms with Crippen molar-refractivity contribution in [1.82, 2.24) is 15.0 Å². The molecule has 0 unspecified atom stereocenters. The van der Waals surface area contributed by atoms with Gasteiger partial charge in [0.25, 0.3) is 0 Å². The van der Waals surface area contributed by atoms with Gasteiger partial charge in [-0.1, -0.05) is 25.7 Å². The first-order valence-corrected chi connectivity index (χ1v) is 6.59. The molecule has 1 aliphatic rings. The molecule has 0 aromatic carbocycles. The Balaban J connectivity index is 2.02. The molecule has 2 aromatic heterocycles. The van der Waals surface area contributed by atoms with Gasteiger partial charge < -0.3 is 16.5 Å². The van der Waals surface area contributed by atoms with Crippen LogP contribution >= 0.6 is 0 Å². The van der Waals surface area contributed by atoms with Crippen LogP contribution < -0.4 is 11.5 Å². The molecule has 1 aliphatic carbocycles.